The summed E-state index contributed by atoms with van der Waals surface area (Å²) in [6, 6.07) is 5.23. The summed E-state index contributed by atoms with van der Waals surface area (Å²) in [7, 11) is 0. The first-order valence-corrected chi connectivity index (χ1v) is 10.1. The topological polar surface area (TPSA) is 122 Å². The van der Waals surface area contributed by atoms with Crippen LogP contribution in [0.25, 0.3) is 0 Å². The lowest BCUT2D eigenvalue weighted by Gasteiger charge is -2.23. The zero-order valence-corrected chi connectivity index (χ0v) is 16.8. The number of amides is 5. The average Bonchev–Trinajstić information content (AvgIpc) is 3.06. The fraction of sp³-hybridized carbons (Fsp3) is 0.476. The minimum absolute atomic E-state index is 0.0530. The molecular weight excluding hydrogens is 390 g/mol. The lowest BCUT2D eigenvalue weighted by Crippen LogP contribution is -2.48. The van der Waals surface area contributed by atoms with E-state index in [2.05, 4.69) is 10.6 Å². The second kappa shape index (κ2) is 9.51. The van der Waals surface area contributed by atoms with Gasteiger partial charge in [-0.15, -0.1) is 0 Å². The Labute approximate surface area is 174 Å². The molecule has 9 heteroatoms. The number of imide groups is 2. The molecule has 1 aliphatic heterocycles. The lowest BCUT2D eigenvalue weighted by molar-refractivity contribution is -0.128. The van der Waals surface area contributed by atoms with Crippen molar-refractivity contribution in [2.24, 2.45) is 0 Å². The molecule has 160 valence electrons. The van der Waals surface area contributed by atoms with E-state index in [9.17, 15) is 24.0 Å². The van der Waals surface area contributed by atoms with Crippen LogP contribution in [0.4, 0.5) is 10.5 Å². The molecule has 1 saturated heterocycles. The Morgan fingerprint density at radius 1 is 1.00 bits per heavy atom. The second-order valence-electron chi connectivity index (χ2n) is 7.51. The van der Waals surface area contributed by atoms with Gasteiger partial charge >= 0.3 is 12.0 Å². The number of urea groups is 1. The van der Waals surface area contributed by atoms with E-state index in [0.29, 0.717) is 5.69 Å². The molecule has 0 unspecified atom stereocenters. The maximum Gasteiger partial charge on any atom is 0.338 e. The fourth-order valence-corrected chi connectivity index (χ4v) is 3.58. The van der Waals surface area contributed by atoms with Gasteiger partial charge in [-0.25, -0.2) is 9.59 Å². The van der Waals surface area contributed by atoms with Gasteiger partial charge in [-0.2, -0.15) is 0 Å². The first-order chi connectivity index (χ1) is 14.3. The minimum atomic E-state index is -1.17. The van der Waals surface area contributed by atoms with Gasteiger partial charge in [0.2, 0.25) is 11.8 Å². The molecule has 2 fully saturated rings. The van der Waals surface area contributed by atoms with Gasteiger partial charge in [0.15, 0.2) is 6.10 Å². The van der Waals surface area contributed by atoms with Crippen LogP contribution in [0, 0.1) is 0 Å². The summed E-state index contributed by atoms with van der Waals surface area (Å²) in [5.41, 5.74) is 0.536. The summed E-state index contributed by atoms with van der Waals surface area (Å²) in [6.45, 7) is 1.37. The molecule has 1 atom stereocenters. The van der Waals surface area contributed by atoms with Crippen LogP contribution in [0.5, 0.6) is 0 Å². The molecule has 1 aromatic carbocycles. The molecule has 30 heavy (non-hydrogen) atoms. The third-order valence-corrected chi connectivity index (χ3v) is 5.24. The predicted octanol–water partition coefficient (Wildman–Crippen LogP) is 2.04. The predicted molar refractivity (Wildman–Crippen MR) is 107 cm³/mol. The highest BCUT2D eigenvalue weighted by Gasteiger charge is 2.30. The van der Waals surface area contributed by atoms with Gasteiger partial charge in [0.1, 0.15) is 0 Å². The molecule has 0 spiro atoms. The normalized spacial score (nSPS) is 18.1. The van der Waals surface area contributed by atoms with Gasteiger partial charge in [0, 0.05) is 18.9 Å². The summed E-state index contributed by atoms with van der Waals surface area (Å²) in [6.07, 6.45) is 4.19. The number of carbonyl (C=O) groups is 5. The van der Waals surface area contributed by atoms with Crippen LogP contribution in [-0.2, 0) is 19.1 Å². The molecular formula is C21H25N3O6. The van der Waals surface area contributed by atoms with E-state index < -0.39 is 24.0 Å². The Morgan fingerprint density at radius 3 is 2.20 bits per heavy atom. The highest BCUT2D eigenvalue weighted by molar-refractivity contribution is 6.19. The van der Waals surface area contributed by atoms with Crippen LogP contribution < -0.4 is 15.5 Å². The number of ether oxygens (including phenoxy) is 1. The minimum Gasteiger partial charge on any atom is -0.449 e. The SMILES string of the molecule is C[C@@H](OC(=O)c1ccc(N2C(=O)CCC2=O)cc1)C(=O)NC(=O)NC1CCCCC1. The molecule has 0 radical (unpaired) electrons. The van der Waals surface area contributed by atoms with Crippen molar-refractivity contribution in [1.82, 2.24) is 10.6 Å². The van der Waals surface area contributed by atoms with Crippen LogP contribution in [0.15, 0.2) is 24.3 Å². The first-order valence-electron chi connectivity index (χ1n) is 10.1. The molecule has 2 N–H and O–H groups in total. The van der Waals surface area contributed by atoms with Crippen molar-refractivity contribution in [2.75, 3.05) is 4.90 Å². The van der Waals surface area contributed by atoms with E-state index in [1.165, 1.54) is 31.2 Å². The molecule has 1 heterocycles. The van der Waals surface area contributed by atoms with Crippen molar-refractivity contribution in [2.45, 2.75) is 64.0 Å². The molecule has 9 nitrogen and oxygen atoms in total. The zero-order valence-electron chi connectivity index (χ0n) is 16.8. The van der Waals surface area contributed by atoms with Crippen LogP contribution in [0.1, 0.15) is 62.2 Å². The van der Waals surface area contributed by atoms with E-state index in [1.54, 1.807) is 0 Å². The first kappa shape index (κ1) is 21.5. The van der Waals surface area contributed by atoms with Crippen LogP contribution in [0.2, 0.25) is 0 Å². The van der Waals surface area contributed by atoms with E-state index in [-0.39, 0.29) is 36.3 Å². The smallest absolute Gasteiger partial charge is 0.338 e. The highest BCUT2D eigenvalue weighted by atomic mass is 16.5. The van der Waals surface area contributed by atoms with Crippen molar-refractivity contribution in [3.05, 3.63) is 29.8 Å². The molecule has 2 aliphatic rings. The summed E-state index contributed by atoms with van der Waals surface area (Å²) < 4.78 is 5.12. The number of anilines is 1. The Morgan fingerprint density at radius 2 is 1.60 bits per heavy atom. The largest absolute Gasteiger partial charge is 0.449 e. The number of nitrogens with zero attached hydrogens (tertiary/aromatic N) is 1. The van der Waals surface area contributed by atoms with Gasteiger partial charge in [-0.3, -0.25) is 24.6 Å². The number of nitrogens with one attached hydrogen (secondary N) is 2. The number of hydrogen-bond donors (Lipinski definition) is 2. The van der Waals surface area contributed by atoms with Gasteiger partial charge < -0.3 is 10.1 Å². The molecule has 1 aromatic rings. The van der Waals surface area contributed by atoms with Crippen molar-refractivity contribution >= 4 is 35.4 Å². The van der Waals surface area contributed by atoms with Crippen LogP contribution >= 0.6 is 0 Å². The van der Waals surface area contributed by atoms with Crippen LogP contribution in [-0.4, -0.2) is 41.9 Å². The molecule has 0 bridgehead atoms. The quantitative estimate of drug-likeness (QED) is 0.561. The Balaban J connectivity index is 1.50. The number of carbonyl (C=O) groups excluding carboxylic acids is 5. The lowest BCUT2D eigenvalue weighted by atomic mass is 9.96. The third-order valence-electron chi connectivity index (χ3n) is 5.24. The van der Waals surface area contributed by atoms with Gasteiger partial charge in [0.25, 0.3) is 5.91 Å². The van der Waals surface area contributed by atoms with E-state index in [4.69, 9.17) is 4.74 Å². The number of esters is 1. The summed E-state index contributed by atoms with van der Waals surface area (Å²) >= 11 is 0. The highest BCUT2D eigenvalue weighted by Crippen LogP contribution is 2.23. The Kier molecular flexibility index (Phi) is 6.81. The standard InChI is InChI=1S/C21H25N3O6/c1-13(19(27)23-21(29)22-15-5-3-2-4-6-15)30-20(28)14-7-9-16(10-8-14)24-17(25)11-12-18(24)26/h7-10,13,15H,2-6,11-12H2,1H3,(H2,22,23,27,29)/t13-/m1/s1. The van der Waals surface area contributed by atoms with Gasteiger partial charge in [-0.05, 0) is 44.0 Å². The van der Waals surface area contributed by atoms with E-state index in [1.807, 2.05) is 0 Å². The van der Waals surface area contributed by atoms with Crippen molar-refractivity contribution < 1.29 is 28.7 Å². The second-order valence-corrected chi connectivity index (χ2v) is 7.51. The molecule has 1 aliphatic carbocycles. The van der Waals surface area contributed by atoms with Crippen LogP contribution in [0.3, 0.4) is 0 Å². The van der Waals surface area contributed by atoms with Crippen molar-refractivity contribution in [1.29, 1.82) is 0 Å². The van der Waals surface area contributed by atoms with Crippen molar-refractivity contribution in [3.63, 3.8) is 0 Å². The Bertz CT molecular complexity index is 829. The van der Waals surface area contributed by atoms with Gasteiger partial charge in [0.05, 0.1) is 11.3 Å². The number of rotatable bonds is 5. The molecule has 0 aromatic heterocycles. The molecule has 5 amide bonds. The van der Waals surface area contributed by atoms with E-state index >= 15 is 0 Å². The maximum absolute atomic E-state index is 12.3. The zero-order chi connectivity index (χ0) is 21.7. The number of hydrogen-bond acceptors (Lipinski definition) is 6. The van der Waals surface area contributed by atoms with Crippen molar-refractivity contribution in [3.8, 4) is 0 Å². The molecule has 1 saturated carbocycles. The summed E-state index contributed by atoms with van der Waals surface area (Å²) in [5, 5.41) is 4.95. The summed E-state index contributed by atoms with van der Waals surface area (Å²) in [4.78, 5) is 61.0. The number of benzene rings is 1. The third kappa shape index (κ3) is 5.22. The summed E-state index contributed by atoms with van der Waals surface area (Å²) in [5.74, 6) is -2.04. The Hall–Kier alpha value is -3.23. The fourth-order valence-electron chi connectivity index (χ4n) is 3.58. The average molecular weight is 415 g/mol. The monoisotopic (exact) mass is 415 g/mol. The van der Waals surface area contributed by atoms with E-state index in [0.717, 1.165) is 37.0 Å². The van der Waals surface area contributed by atoms with Gasteiger partial charge in [-0.1, -0.05) is 19.3 Å². The maximum atomic E-state index is 12.3. The molecule has 3 rings (SSSR count).